The molecule has 1 N–H and O–H groups in total. The van der Waals surface area contributed by atoms with Gasteiger partial charge in [0.25, 0.3) is 5.69 Å². The maximum atomic E-state index is 11.7. The second-order valence-electron chi connectivity index (χ2n) is 5.66. The van der Waals surface area contributed by atoms with Gasteiger partial charge in [-0.05, 0) is 31.0 Å². The molecule has 0 saturated carbocycles. The molecule has 0 aliphatic heterocycles. The molecule has 2 aromatic carbocycles. The van der Waals surface area contributed by atoms with E-state index in [-0.39, 0.29) is 17.3 Å². The van der Waals surface area contributed by atoms with Crippen LogP contribution < -0.4 is 10.2 Å². The molecule has 2 aromatic rings. The van der Waals surface area contributed by atoms with E-state index in [2.05, 4.69) is 5.48 Å². The van der Waals surface area contributed by atoms with Crippen molar-refractivity contribution in [2.45, 2.75) is 20.3 Å². The summed E-state index contributed by atoms with van der Waals surface area (Å²) in [6.45, 7) is 3.61. The van der Waals surface area contributed by atoms with Crippen molar-refractivity contribution in [3.63, 3.8) is 0 Å². The Bertz CT molecular complexity index is 821. The Morgan fingerprint density at radius 3 is 2.50 bits per heavy atom. The summed E-state index contributed by atoms with van der Waals surface area (Å²) in [5, 5.41) is 10.6. The molecule has 0 heterocycles. The molecule has 26 heavy (non-hydrogen) atoms. The van der Waals surface area contributed by atoms with Gasteiger partial charge in [-0.25, -0.2) is 10.3 Å². The topological polar surface area (TPSA) is 90.7 Å². The molecule has 0 unspecified atom stereocenters. The van der Waals surface area contributed by atoms with Crippen LogP contribution in [0.5, 0.6) is 5.75 Å². The minimum Gasteiger partial charge on any atom is -0.482 e. The predicted octanol–water partition coefficient (Wildman–Crippen LogP) is 3.21. The lowest BCUT2D eigenvalue weighted by atomic mass is 10.1. The molecule has 0 aromatic heterocycles. The van der Waals surface area contributed by atoms with E-state index >= 15 is 0 Å². The number of carbonyl (C=O) groups is 1. The largest absolute Gasteiger partial charge is 0.482 e. The number of hydrogen-bond acceptors (Lipinski definition) is 6. The first-order valence-electron chi connectivity index (χ1n) is 7.77. The van der Waals surface area contributed by atoms with Crippen LogP contribution in [-0.4, -0.2) is 22.5 Å². The highest BCUT2D eigenvalue weighted by molar-refractivity contribution is 7.80. The fourth-order valence-electron chi connectivity index (χ4n) is 2.20. The van der Waals surface area contributed by atoms with Crippen molar-refractivity contribution in [3.05, 3.63) is 69.3 Å². The highest BCUT2D eigenvalue weighted by Gasteiger charge is 2.09. The van der Waals surface area contributed by atoms with Crippen LogP contribution in [0.3, 0.4) is 0 Å². The van der Waals surface area contributed by atoms with Crippen molar-refractivity contribution in [1.29, 1.82) is 0 Å². The molecule has 8 heteroatoms. The van der Waals surface area contributed by atoms with Gasteiger partial charge in [0.15, 0.2) is 6.61 Å². The molecule has 136 valence electrons. The zero-order valence-electron chi connectivity index (χ0n) is 14.4. The van der Waals surface area contributed by atoms with Crippen LogP contribution in [0.4, 0.5) is 5.69 Å². The van der Waals surface area contributed by atoms with Crippen LogP contribution in [0.25, 0.3) is 0 Å². The number of aryl methyl sites for hydroxylation is 2. The van der Waals surface area contributed by atoms with Gasteiger partial charge in [0.1, 0.15) is 10.7 Å². The maximum absolute atomic E-state index is 11.7. The number of carbonyl (C=O) groups excluding carboxylic acids is 1. The lowest BCUT2D eigenvalue weighted by Crippen LogP contribution is -2.29. The minimum absolute atomic E-state index is 0.00241. The molecule has 0 spiro atoms. The van der Waals surface area contributed by atoms with Gasteiger partial charge in [0.05, 0.1) is 4.92 Å². The summed E-state index contributed by atoms with van der Waals surface area (Å²) >= 11 is 5.09. The van der Waals surface area contributed by atoms with Gasteiger partial charge in [-0.1, -0.05) is 42.0 Å². The van der Waals surface area contributed by atoms with E-state index < -0.39 is 10.9 Å². The first kappa shape index (κ1) is 19.3. The molecule has 0 aliphatic rings. The first-order chi connectivity index (χ1) is 12.3. The molecule has 0 saturated heterocycles. The van der Waals surface area contributed by atoms with Crippen molar-refractivity contribution >= 4 is 28.9 Å². The highest BCUT2D eigenvalue weighted by atomic mass is 32.1. The van der Waals surface area contributed by atoms with Gasteiger partial charge in [-0.3, -0.25) is 10.1 Å². The first-order valence-corrected chi connectivity index (χ1v) is 8.18. The van der Waals surface area contributed by atoms with Crippen molar-refractivity contribution in [1.82, 2.24) is 5.48 Å². The zero-order chi connectivity index (χ0) is 19.1. The van der Waals surface area contributed by atoms with Gasteiger partial charge in [-0.2, -0.15) is 0 Å². The summed E-state index contributed by atoms with van der Waals surface area (Å²) in [4.78, 5) is 27.0. The zero-order valence-corrected chi connectivity index (χ0v) is 15.2. The number of nitrogens with one attached hydrogen (secondary N) is 1. The van der Waals surface area contributed by atoms with Gasteiger partial charge in [0.2, 0.25) is 0 Å². The van der Waals surface area contributed by atoms with Crippen molar-refractivity contribution < 1.29 is 19.3 Å². The van der Waals surface area contributed by atoms with Crippen LogP contribution in [0.2, 0.25) is 0 Å². The predicted molar refractivity (Wildman–Crippen MR) is 100 cm³/mol. The van der Waals surface area contributed by atoms with E-state index in [9.17, 15) is 14.9 Å². The van der Waals surface area contributed by atoms with E-state index in [0.29, 0.717) is 12.2 Å². The number of nitrogens with zero attached hydrogens (tertiary/aromatic N) is 1. The van der Waals surface area contributed by atoms with Crippen molar-refractivity contribution in [3.8, 4) is 5.75 Å². The van der Waals surface area contributed by atoms with Crippen molar-refractivity contribution in [2.24, 2.45) is 0 Å². The Morgan fingerprint density at radius 2 is 1.88 bits per heavy atom. The Labute approximate surface area is 156 Å². The quantitative estimate of drug-likeness (QED) is 0.472. The third-order valence-corrected chi connectivity index (χ3v) is 3.69. The molecule has 0 bridgehead atoms. The van der Waals surface area contributed by atoms with Crippen molar-refractivity contribution in [2.75, 3.05) is 6.61 Å². The van der Waals surface area contributed by atoms with E-state index in [1.54, 1.807) is 18.2 Å². The third kappa shape index (κ3) is 5.82. The Hall–Kier alpha value is -3.00. The van der Waals surface area contributed by atoms with Gasteiger partial charge >= 0.3 is 5.97 Å². The molecular formula is C18H18N2O5S. The number of thiocarbonyl (C=S) groups is 1. The van der Waals surface area contributed by atoms with Crippen LogP contribution in [0.1, 0.15) is 16.7 Å². The molecule has 0 fully saturated rings. The summed E-state index contributed by atoms with van der Waals surface area (Å²) < 4.78 is 5.42. The third-order valence-electron chi connectivity index (χ3n) is 3.47. The molecule has 0 radical (unpaired) electrons. The second kappa shape index (κ2) is 8.91. The Balaban J connectivity index is 1.76. The number of ether oxygens (including phenoxy) is 1. The lowest BCUT2D eigenvalue weighted by molar-refractivity contribution is -0.384. The smallest absolute Gasteiger partial charge is 0.369 e. The van der Waals surface area contributed by atoms with Gasteiger partial charge in [-0.15, -0.1) is 0 Å². The average molecular weight is 374 g/mol. The number of rotatable bonds is 6. The Morgan fingerprint density at radius 1 is 1.19 bits per heavy atom. The number of nitro benzene ring substituents is 1. The summed E-state index contributed by atoms with van der Waals surface area (Å²) in [6, 6.07) is 11.6. The van der Waals surface area contributed by atoms with E-state index in [1.807, 2.05) is 26.0 Å². The SMILES string of the molecule is Cc1ccc(OCC(=O)ONC(=S)Cc2ccc([N+](=O)[O-])cc2)c(C)c1. The van der Waals surface area contributed by atoms with Gasteiger partial charge in [0, 0.05) is 18.6 Å². The molecule has 2 rings (SSSR count). The van der Waals surface area contributed by atoms with E-state index in [1.165, 1.54) is 12.1 Å². The lowest BCUT2D eigenvalue weighted by Gasteiger charge is -2.11. The summed E-state index contributed by atoms with van der Waals surface area (Å²) in [5.41, 5.74) is 5.20. The monoisotopic (exact) mass is 374 g/mol. The molecule has 7 nitrogen and oxygen atoms in total. The number of nitro groups is 1. The fourth-order valence-corrected chi connectivity index (χ4v) is 2.41. The molecule has 0 amide bonds. The maximum Gasteiger partial charge on any atom is 0.369 e. The molecular weight excluding hydrogens is 356 g/mol. The Kier molecular flexibility index (Phi) is 6.62. The summed E-state index contributed by atoms with van der Waals surface area (Å²) in [6.07, 6.45) is 0.290. The summed E-state index contributed by atoms with van der Waals surface area (Å²) in [7, 11) is 0. The molecule has 0 aliphatic carbocycles. The number of benzene rings is 2. The standard InChI is InChI=1S/C18H18N2O5S/c1-12-3-8-16(13(2)9-12)24-11-18(21)25-19-17(26)10-14-4-6-15(7-5-14)20(22)23/h3-9H,10-11H2,1-2H3,(H,19,26). The number of non-ortho nitro benzene ring substituents is 1. The number of hydrogen-bond donors (Lipinski definition) is 1. The highest BCUT2D eigenvalue weighted by Crippen LogP contribution is 2.18. The van der Waals surface area contributed by atoms with Crippen LogP contribution in [-0.2, 0) is 16.1 Å². The summed E-state index contributed by atoms with van der Waals surface area (Å²) in [5.74, 6) is -0.00275. The minimum atomic E-state index is -0.615. The number of hydroxylamine groups is 1. The average Bonchev–Trinajstić information content (AvgIpc) is 2.59. The molecule has 0 atom stereocenters. The van der Waals surface area contributed by atoms with Crippen LogP contribution in [0, 0.1) is 24.0 Å². The van der Waals surface area contributed by atoms with E-state index in [0.717, 1.165) is 16.7 Å². The van der Waals surface area contributed by atoms with E-state index in [4.69, 9.17) is 21.8 Å². The second-order valence-corrected chi connectivity index (χ2v) is 6.15. The van der Waals surface area contributed by atoms with Crippen LogP contribution >= 0.6 is 12.2 Å². The normalized spacial score (nSPS) is 10.1. The van der Waals surface area contributed by atoms with Gasteiger partial charge < -0.3 is 9.57 Å². The van der Waals surface area contributed by atoms with Crippen LogP contribution in [0.15, 0.2) is 42.5 Å². The fraction of sp³-hybridized carbons (Fsp3) is 0.222.